The monoisotopic (exact) mass is 240 g/mol. The SMILES string of the molecule is COCC(N)C(=O)NCCCS(=O)(=O)O. The van der Waals surface area contributed by atoms with E-state index in [9.17, 15) is 13.2 Å². The van der Waals surface area contributed by atoms with E-state index in [0.717, 1.165) is 0 Å². The fourth-order valence-electron chi connectivity index (χ4n) is 0.852. The number of nitrogens with one attached hydrogen (secondary N) is 1. The zero-order chi connectivity index (χ0) is 11.9. The number of amides is 1. The van der Waals surface area contributed by atoms with Gasteiger partial charge in [-0.2, -0.15) is 8.42 Å². The molecule has 0 bridgehead atoms. The molecule has 8 heteroatoms. The summed E-state index contributed by atoms with van der Waals surface area (Å²) in [5.41, 5.74) is 5.39. The molecule has 0 saturated heterocycles. The topological polar surface area (TPSA) is 119 Å². The van der Waals surface area contributed by atoms with Gasteiger partial charge >= 0.3 is 0 Å². The van der Waals surface area contributed by atoms with Gasteiger partial charge in [-0.3, -0.25) is 9.35 Å². The Balaban J connectivity index is 3.64. The molecule has 1 amide bonds. The highest BCUT2D eigenvalue weighted by atomic mass is 32.2. The molecule has 7 nitrogen and oxygen atoms in total. The number of hydrogen-bond acceptors (Lipinski definition) is 5. The van der Waals surface area contributed by atoms with Crippen LogP contribution in [0.15, 0.2) is 0 Å². The van der Waals surface area contributed by atoms with Gasteiger partial charge in [0.15, 0.2) is 0 Å². The van der Waals surface area contributed by atoms with E-state index in [0.29, 0.717) is 0 Å². The smallest absolute Gasteiger partial charge is 0.264 e. The highest BCUT2D eigenvalue weighted by molar-refractivity contribution is 7.85. The molecule has 4 N–H and O–H groups in total. The van der Waals surface area contributed by atoms with Crippen LogP contribution < -0.4 is 11.1 Å². The first-order chi connectivity index (χ1) is 6.87. The number of rotatable bonds is 7. The fraction of sp³-hybridized carbons (Fsp3) is 0.857. The molecule has 0 aromatic carbocycles. The van der Waals surface area contributed by atoms with E-state index >= 15 is 0 Å². The summed E-state index contributed by atoms with van der Waals surface area (Å²) in [5.74, 6) is -0.792. The molecule has 0 rings (SSSR count). The Morgan fingerprint density at radius 1 is 1.60 bits per heavy atom. The van der Waals surface area contributed by atoms with Crippen molar-refractivity contribution < 1.29 is 22.5 Å². The Hall–Kier alpha value is -0.700. The maximum absolute atomic E-state index is 11.1. The van der Waals surface area contributed by atoms with Crippen molar-refractivity contribution in [2.45, 2.75) is 12.5 Å². The predicted octanol–water partition coefficient (Wildman–Crippen LogP) is -1.65. The van der Waals surface area contributed by atoms with Crippen molar-refractivity contribution in [1.29, 1.82) is 0 Å². The molecule has 0 radical (unpaired) electrons. The summed E-state index contributed by atoms with van der Waals surface area (Å²) in [6.45, 7) is 0.250. The molecule has 90 valence electrons. The molecule has 0 aromatic rings. The second-order valence-corrected chi connectivity index (χ2v) is 4.56. The van der Waals surface area contributed by atoms with Gasteiger partial charge in [-0.1, -0.05) is 0 Å². The second-order valence-electron chi connectivity index (χ2n) is 2.99. The van der Waals surface area contributed by atoms with Crippen LogP contribution in [0.4, 0.5) is 0 Å². The van der Waals surface area contributed by atoms with Gasteiger partial charge in [0, 0.05) is 13.7 Å². The van der Waals surface area contributed by atoms with E-state index in [2.05, 4.69) is 10.1 Å². The van der Waals surface area contributed by atoms with Crippen molar-refractivity contribution in [1.82, 2.24) is 5.32 Å². The van der Waals surface area contributed by atoms with Gasteiger partial charge in [0.1, 0.15) is 6.04 Å². The summed E-state index contributed by atoms with van der Waals surface area (Å²) < 4.78 is 33.7. The number of ether oxygens (including phenoxy) is 1. The summed E-state index contributed by atoms with van der Waals surface area (Å²) in [6, 6.07) is -0.763. The third-order valence-corrected chi connectivity index (χ3v) is 2.37. The van der Waals surface area contributed by atoms with Crippen LogP contribution in [0.3, 0.4) is 0 Å². The minimum atomic E-state index is -3.96. The van der Waals surface area contributed by atoms with Gasteiger partial charge in [-0.05, 0) is 6.42 Å². The first kappa shape index (κ1) is 14.3. The average molecular weight is 240 g/mol. The Morgan fingerprint density at radius 2 is 2.20 bits per heavy atom. The number of carbonyl (C=O) groups is 1. The molecule has 0 fully saturated rings. The normalized spacial score (nSPS) is 13.5. The largest absolute Gasteiger partial charge is 0.383 e. The lowest BCUT2D eigenvalue weighted by atomic mass is 10.3. The number of hydrogen-bond donors (Lipinski definition) is 3. The van der Waals surface area contributed by atoms with Crippen LogP contribution in [0.25, 0.3) is 0 Å². The van der Waals surface area contributed by atoms with Crippen molar-refractivity contribution in [3.63, 3.8) is 0 Å². The minimum absolute atomic E-state index is 0.101. The van der Waals surface area contributed by atoms with Crippen LogP contribution in [0.1, 0.15) is 6.42 Å². The summed E-state index contributed by atoms with van der Waals surface area (Å²) in [4.78, 5) is 11.1. The molecular weight excluding hydrogens is 224 g/mol. The van der Waals surface area contributed by atoms with Crippen molar-refractivity contribution in [3.05, 3.63) is 0 Å². The zero-order valence-corrected chi connectivity index (χ0v) is 9.29. The molecule has 0 aliphatic heterocycles. The molecular formula is C7H16N2O5S. The van der Waals surface area contributed by atoms with Crippen molar-refractivity contribution >= 4 is 16.0 Å². The maximum atomic E-state index is 11.1. The van der Waals surface area contributed by atoms with Gasteiger partial charge in [-0.25, -0.2) is 0 Å². The Bertz CT molecular complexity index is 290. The van der Waals surface area contributed by atoms with E-state index < -0.39 is 22.1 Å². The molecule has 15 heavy (non-hydrogen) atoms. The Kier molecular flexibility index (Phi) is 6.41. The highest BCUT2D eigenvalue weighted by Gasteiger charge is 2.12. The van der Waals surface area contributed by atoms with Crippen molar-refractivity contribution in [3.8, 4) is 0 Å². The van der Waals surface area contributed by atoms with Crippen LogP contribution in [0, 0.1) is 0 Å². The van der Waals surface area contributed by atoms with Crippen LogP contribution in [-0.4, -0.2) is 50.9 Å². The van der Waals surface area contributed by atoms with Gasteiger partial charge in [0.05, 0.1) is 12.4 Å². The van der Waals surface area contributed by atoms with E-state index in [-0.39, 0.29) is 25.3 Å². The molecule has 1 atom stereocenters. The van der Waals surface area contributed by atoms with Gasteiger partial charge in [0.2, 0.25) is 5.91 Å². The molecule has 0 saturated carbocycles. The van der Waals surface area contributed by atoms with E-state index in [1.54, 1.807) is 0 Å². The van der Waals surface area contributed by atoms with E-state index in [1.807, 2.05) is 0 Å². The lowest BCUT2D eigenvalue weighted by Gasteiger charge is -2.10. The molecule has 0 aliphatic rings. The van der Waals surface area contributed by atoms with Crippen LogP contribution in [-0.2, 0) is 19.6 Å². The lowest BCUT2D eigenvalue weighted by molar-refractivity contribution is -0.123. The van der Waals surface area contributed by atoms with Crippen molar-refractivity contribution in [2.24, 2.45) is 5.73 Å². The molecule has 0 aliphatic carbocycles. The molecule has 1 unspecified atom stereocenters. The molecule has 0 aromatic heterocycles. The predicted molar refractivity (Wildman–Crippen MR) is 53.9 cm³/mol. The van der Waals surface area contributed by atoms with Crippen LogP contribution in [0.5, 0.6) is 0 Å². The zero-order valence-electron chi connectivity index (χ0n) is 8.47. The Morgan fingerprint density at radius 3 is 2.67 bits per heavy atom. The number of methoxy groups -OCH3 is 1. The maximum Gasteiger partial charge on any atom is 0.264 e. The van der Waals surface area contributed by atoms with Gasteiger partial charge in [0.25, 0.3) is 10.1 Å². The first-order valence-electron chi connectivity index (χ1n) is 4.34. The standard InChI is InChI=1S/C7H16N2O5S/c1-14-5-6(8)7(10)9-3-2-4-15(11,12)13/h6H,2-5,8H2,1H3,(H,9,10)(H,11,12,13). The molecule has 0 heterocycles. The third-order valence-electron chi connectivity index (χ3n) is 1.56. The van der Waals surface area contributed by atoms with Gasteiger partial charge in [-0.15, -0.1) is 0 Å². The molecule has 0 spiro atoms. The number of nitrogens with two attached hydrogens (primary N) is 1. The fourth-order valence-corrected chi connectivity index (χ4v) is 1.36. The summed E-state index contributed by atoms with van der Waals surface area (Å²) in [6.07, 6.45) is 0.143. The average Bonchev–Trinajstić information content (AvgIpc) is 2.11. The van der Waals surface area contributed by atoms with Gasteiger partial charge < -0.3 is 15.8 Å². The van der Waals surface area contributed by atoms with E-state index in [4.69, 9.17) is 10.3 Å². The third kappa shape index (κ3) is 8.30. The lowest BCUT2D eigenvalue weighted by Crippen LogP contribution is -2.43. The summed E-state index contributed by atoms with van der Waals surface area (Å²) >= 11 is 0. The second kappa shape index (κ2) is 6.72. The van der Waals surface area contributed by atoms with Crippen LogP contribution in [0.2, 0.25) is 0 Å². The number of carbonyl (C=O) groups excluding carboxylic acids is 1. The summed E-state index contributed by atoms with van der Waals surface area (Å²) in [7, 11) is -2.54. The summed E-state index contributed by atoms with van der Waals surface area (Å²) in [5, 5.41) is 2.42. The Labute approximate surface area is 88.7 Å². The highest BCUT2D eigenvalue weighted by Crippen LogP contribution is 1.87. The quantitative estimate of drug-likeness (QED) is 0.362. The van der Waals surface area contributed by atoms with Crippen molar-refractivity contribution in [2.75, 3.05) is 26.0 Å². The van der Waals surface area contributed by atoms with Crippen LogP contribution >= 0.6 is 0 Å². The van der Waals surface area contributed by atoms with E-state index in [1.165, 1.54) is 7.11 Å². The first-order valence-corrected chi connectivity index (χ1v) is 5.95. The minimum Gasteiger partial charge on any atom is -0.383 e.